The minimum atomic E-state index is -1.12. The Morgan fingerprint density at radius 1 is 1.22 bits per heavy atom. The Bertz CT molecular complexity index is 746. The van der Waals surface area contributed by atoms with Crippen LogP contribution in [0.4, 0.5) is 4.79 Å². The molecule has 1 heterocycles. The van der Waals surface area contributed by atoms with E-state index in [2.05, 4.69) is 24.4 Å². The molecule has 144 valence electrons. The van der Waals surface area contributed by atoms with Crippen LogP contribution >= 0.6 is 0 Å². The number of imide groups is 1. The lowest BCUT2D eigenvalue weighted by Gasteiger charge is -2.26. The molecule has 0 spiro atoms. The Labute approximate surface area is 159 Å². The highest BCUT2D eigenvalue weighted by atomic mass is 16.5. The SMILES string of the molecule is CCC1(c2ccccc2)NC(=O)N(CC(=O)OCC2CC=CCC2C)C1=O. The molecule has 2 aliphatic rings. The van der Waals surface area contributed by atoms with Crippen LogP contribution in [0.3, 0.4) is 0 Å². The fourth-order valence-electron chi connectivity index (χ4n) is 3.75. The van der Waals surface area contributed by atoms with Gasteiger partial charge in [-0.1, -0.05) is 56.3 Å². The number of allylic oxidation sites excluding steroid dienone is 2. The second kappa shape index (κ2) is 7.94. The molecule has 1 aromatic carbocycles. The molecule has 1 aliphatic carbocycles. The van der Waals surface area contributed by atoms with Crippen molar-refractivity contribution in [3.63, 3.8) is 0 Å². The average Bonchev–Trinajstić information content (AvgIpc) is 2.93. The van der Waals surface area contributed by atoms with Crippen LogP contribution in [0, 0.1) is 11.8 Å². The first-order valence-corrected chi connectivity index (χ1v) is 9.48. The van der Waals surface area contributed by atoms with Crippen LogP contribution in [0.1, 0.15) is 38.7 Å². The molecule has 1 saturated heterocycles. The van der Waals surface area contributed by atoms with E-state index in [4.69, 9.17) is 4.74 Å². The molecule has 1 N–H and O–H groups in total. The summed E-state index contributed by atoms with van der Waals surface area (Å²) in [4.78, 5) is 38.6. The highest BCUT2D eigenvalue weighted by Crippen LogP contribution is 2.32. The van der Waals surface area contributed by atoms with E-state index >= 15 is 0 Å². The third-order valence-electron chi connectivity index (χ3n) is 5.64. The number of carbonyl (C=O) groups excluding carboxylic acids is 3. The number of ether oxygens (including phenoxy) is 1. The van der Waals surface area contributed by atoms with Crippen molar-refractivity contribution < 1.29 is 19.1 Å². The first kappa shape index (κ1) is 19.1. The molecule has 1 fully saturated rings. The molecule has 1 aromatic rings. The van der Waals surface area contributed by atoms with Gasteiger partial charge >= 0.3 is 12.0 Å². The van der Waals surface area contributed by atoms with Gasteiger partial charge in [-0.25, -0.2) is 4.79 Å². The van der Waals surface area contributed by atoms with E-state index in [1.165, 1.54) is 0 Å². The number of benzene rings is 1. The van der Waals surface area contributed by atoms with Crippen molar-refractivity contribution in [3.8, 4) is 0 Å². The van der Waals surface area contributed by atoms with E-state index in [1.54, 1.807) is 0 Å². The van der Waals surface area contributed by atoms with Gasteiger partial charge in [0.15, 0.2) is 0 Å². The Morgan fingerprint density at radius 3 is 2.59 bits per heavy atom. The monoisotopic (exact) mass is 370 g/mol. The minimum absolute atomic E-state index is 0.279. The second-order valence-electron chi connectivity index (χ2n) is 7.31. The lowest BCUT2D eigenvalue weighted by Crippen LogP contribution is -2.44. The Balaban J connectivity index is 1.65. The van der Waals surface area contributed by atoms with Gasteiger partial charge in [0.2, 0.25) is 0 Å². The van der Waals surface area contributed by atoms with Crippen molar-refractivity contribution >= 4 is 17.9 Å². The van der Waals surface area contributed by atoms with E-state index in [0.717, 1.165) is 17.7 Å². The van der Waals surface area contributed by atoms with Crippen LogP contribution in [0.25, 0.3) is 0 Å². The van der Waals surface area contributed by atoms with Crippen LogP contribution in [-0.2, 0) is 19.9 Å². The van der Waals surface area contributed by atoms with Crippen LogP contribution in [0.2, 0.25) is 0 Å². The maximum absolute atomic E-state index is 13.0. The lowest BCUT2D eigenvalue weighted by molar-refractivity contribution is -0.149. The van der Waals surface area contributed by atoms with Crippen LogP contribution in [0.15, 0.2) is 42.5 Å². The van der Waals surface area contributed by atoms with Gasteiger partial charge in [0.05, 0.1) is 6.61 Å². The first-order chi connectivity index (χ1) is 13.0. The fourth-order valence-corrected chi connectivity index (χ4v) is 3.75. The summed E-state index contributed by atoms with van der Waals surface area (Å²) >= 11 is 0. The van der Waals surface area contributed by atoms with Gasteiger partial charge in [0.1, 0.15) is 12.1 Å². The van der Waals surface area contributed by atoms with E-state index in [1.807, 2.05) is 37.3 Å². The molecule has 27 heavy (non-hydrogen) atoms. The number of rotatable bonds is 6. The van der Waals surface area contributed by atoms with Gasteiger partial charge in [0.25, 0.3) is 5.91 Å². The summed E-state index contributed by atoms with van der Waals surface area (Å²) in [5.74, 6) is -0.237. The molecule has 1 aliphatic heterocycles. The van der Waals surface area contributed by atoms with E-state index in [-0.39, 0.29) is 12.5 Å². The van der Waals surface area contributed by atoms with E-state index in [0.29, 0.717) is 24.5 Å². The number of urea groups is 1. The maximum Gasteiger partial charge on any atom is 0.326 e. The zero-order chi connectivity index (χ0) is 19.4. The van der Waals surface area contributed by atoms with Crippen LogP contribution in [-0.4, -0.2) is 36.0 Å². The number of hydrogen-bond donors (Lipinski definition) is 1. The number of hydrogen-bond acceptors (Lipinski definition) is 4. The molecular formula is C21H26N2O4. The van der Waals surface area contributed by atoms with Gasteiger partial charge in [-0.2, -0.15) is 0 Å². The summed E-state index contributed by atoms with van der Waals surface area (Å²) in [6, 6.07) is 8.55. The van der Waals surface area contributed by atoms with Crippen molar-refractivity contribution in [2.45, 2.75) is 38.6 Å². The summed E-state index contributed by atoms with van der Waals surface area (Å²) in [6.45, 7) is 3.92. The highest BCUT2D eigenvalue weighted by Gasteiger charge is 2.51. The van der Waals surface area contributed by atoms with Gasteiger partial charge in [-0.05, 0) is 36.7 Å². The smallest absolute Gasteiger partial charge is 0.326 e. The van der Waals surface area contributed by atoms with Crippen molar-refractivity contribution in [3.05, 3.63) is 48.0 Å². The standard InChI is InChI=1S/C21H26N2O4/c1-3-21(17-11-5-4-6-12-17)19(25)23(20(26)22-21)13-18(24)27-14-16-10-8-7-9-15(16)2/h4-8,11-12,15-16H,3,9-10,13-14H2,1-2H3,(H,22,26). The largest absolute Gasteiger partial charge is 0.464 e. The molecule has 6 nitrogen and oxygen atoms in total. The van der Waals surface area contributed by atoms with Gasteiger partial charge in [-0.3, -0.25) is 14.5 Å². The lowest BCUT2D eigenvalue weighted by atomic mass is 9.85. The van der Waals surface area contributed by atoms with Crippen molar-refractivity contribution in [1.82, 2.24) is 10.2 Å². The van der Waals surface area contributed by atoms with E-state index in [9.17, 15) is 14.4 Å². The Hall–Kier alpha value is -2.63. The molecule has 3 atom stereocenters. The minimum Gasteiger partial charge on any atom is -0.464 e. The molecule has 3 unspecified atom stereocenters. The molecule has 0 bridgehead atoms. The summed E-state index contributed by atoms with van der Waals surface area (Å²) in [5, 5.41) is 2.77. The molecule has 3 rings (SSSR count). The molecule has 0 radical (unpaired) electrons. The summed E-state index contributed by atoms with van der Waals surface area (Å²) < 4.78 is 5.37. The average molecular weight is 370 g/mol. The summed E-state index contributed by atoms with van der Waals surface area (Å²) in [6.07, 6.45) is 6.50. The predicted octanol–water partition coefficient (Wildman–Crippen LogP) is 2.99. The molecule has 0 saturated carbocycles. The highest BCUT2D eigenvalue weighted by molar-refractivity contribution is 6.09. The maximum atomic E-state index is 13.0. The predicted molar refractivity (Wildman–Crippen MR) is 101 cm³/mol. The number of nitrogens with one attached hydrogen (secondary N) is 1. The van der Waals surface area contributed by atoms with Gasteiger partial charge < -0.3 is 10.1 Å². The third-order valence-corrected chi connectivity index (χ3v) is 5.64. The van der Waals surface area contributed by atoms with Gasteiger partial charge in [-0.15, -0.1) is 0 Å². The summed E-state index contributed by atoms with van der Waals surface area (Å²) in [5.41, 5.74) is -0.411. The van der Waals surface area contributed by atoms with Crippen LogP contribution < -0.4 is 5.32 Å². The Kier molecular flexibility index (Phi) is 5.63. The third kappa shape index (κ3) is 3.75. The van der Waals surface area contributed by atoms with Crippen molar-refractivity contribution in [1.29, 1.82) is 0 Å². The van der Waals surface area contributed by atoms with Crippen LogP contribution in [0.5, 0.6) is 0 Å². The Morgan fingerprint density at radius 2 is 1.93 bits per heavy atom. The second-order valence-corrected chi connectivity index (χ2v) is 7.31. The normalized spacial score (nSPS) is 27.6. The van der Waals surface area contributed by atoms with Crippen molar-refractivity contribution in [2.24, 2.45) is 11.8 Å². The number of carbonyl (C=O) groups is 3. The van der Waals surface area contributed by atoms with E-state index < -0.39 is 23.4 Å². The topological polar surface area (TPSA) is 75.7 Å². The molecule has 6 heteroatoms. The fraction of sp³-hybridized carbons (Fsp3) is 0.476. The number of amides is 3. The summed E-state index contributed by atoms with van der Waals surface area (Å²) in [7, 11) is 0. The van der Waals surface area contributed by atoms with Gasteiger partial charge in [0, 0.05) is 0 Å². The molecule has 3 amide bonds. The van der Waals surface area contributed by atoms with Crippen molar-refractivity contribution in [2.75, 3.05) is 13.2 Å². The molecular weight excluding hydrogens is 344 g/mol. The number of nitrogens with zero attached hydrogens (tertiary/aromatic N) is 1. The number of esters is 1. The quantitative estimate of drug-likeness (QED) is 0.474. The molecule has 0 aromatic heterocycles. The zero-order valence-corrected chi connectivity index (χ0v) is 15.8. The first-order valence-electron chi connectivity index (χ1n) is 9.48. The zero-order valence-electron chi connectivity index (χ0n) is 15.8.